The lowest BCUT2D eigenvalue weighted by atomic mass is 9.96. The van der Waals surface area contributed by atoms with Crippen LogP contribution >= 0.6 is 0 Å². The largest absolute Gasteiger partial charge is 0.305 e. The Balaban J connectivity index is 1.06. The fourth-order valence-electron chi connectivity index (χ4n) is 15.8. The first-order valence-corrected chi connectivity index (χ1v) is 34.2. The quantitative estimate of drug-likeness (QED) is 0.130. The molecule has 0 radical (unpaired) electrons. The molecule has 0 aliphatic rings. The van der Waals surface area contributed by atoms with E-state index in [0.29, 0.717) is 0 Å². The minimum Gasteiger partial charge on any atom is -0.305 e. The Morgan fingerprint density at radius 2 is 0.400 bits per heavy atom. The summed E-state index contributed by atoms with van der Waals surface area (Å²) in [5.41, 5.74) is 24.8. The summed E-state index contributed by atoms with van der Waals surface area (Å²) in [4.78, 5) is 12.4. The molecule has 20 aromatic rings. The highest BCUT2D eigenvalue weighted by atomic mass is 15.2. The van der Waals surface area contributed by atoms with Gasteiger partial charge in [0.25, 0.3) is 0 Å². The Morgan fingerprint density at radius 3 is 0.700 bits per heavy atom. The second-order valence-corrected chi connectivity index (χ2v) is 26.0. The fraction of sp³-hybridized carbons (Fsp3) is 0. The molecular weight excluding hydrogens is 1210 g/mol. The lowest BCUT2D eigenvalue weighted by Crippen LogP contribution is -2.16. The second-order valence-electron chi connectivity index (χ2n) is 26.0. The van der Waals surface area contributed by atoms with E-state index in [1.54, 1.807) is 0 Å². The molecule has 0 aliphatic heterocycles. The molecular formula is C94H60N6. The number of pyridine rings is 2. The van der Waals surface area contributed by atoms with Crippen LogP contribution in [0.5, 0.6) is 0 Å². The molecule has 0 unspecified atom stereocenters. The summed E-state index contributed by atoms with van der Waals surface area (Å²) >= 11 is 0. The summed E-state index contributed by atoms with van der Waals surface area (Å²) in [6, 6.07) is 133. The van der Waals surface area contributed by atoms with E-state index < -0.39 is 0 Å². The van der Waals surface area contributed by atoms with Gasteiger partial charge >= 0.3 is 0 Å². The molecule has 0 saturated carbocycles. The van der Waals surface area contributed by atoms with Gasteiger partial charge in [0.15, 0.2) is 11.6 Å². The fourth-order valence-corrected chi connectivity index (χ4v) is 15.8. The summed E-state index contributed by atoms with van der Waals surface area (Å²) in [5.74, 6) is 1.50. The molecule has 0 aliphatic carbocycles. The SMILES string of the molecule is c1ccc(-c2ccc3c(c2)c2cc(-c4ccccc4)ccc2n3-c2nc(-n3c4ccccc4c4ccccc43)c(-n3c4ccc(-c5ccccc5)cc4c4cc(-c5ccccc5)ccc43)c(-c3cc(-c4ccccc4)nc(-c4ccccc4)c3)c2-n2c3ccccc3c3ccccc32)cc1. The van der Waals surface area contributed by atoms with Crippen LogP contribution in [0, 0.1) is 0 Å². The van der Waals surface area contributed by atoms with Crippen LogP contribution < -0.4 is 0 Å². The van der Waals surface area contributed by atoms with Gasteiger partial charge in [0.2, 0.25) is 0 Å². The monoisotopic (exact) mass is 1270 g/mol. The van der Waals surface area contributed by atoms with E-state index >= 15 is 0 Å². The number of hydrogen-bond acceptors (Lipinski definition) is 2. The van der Waals surface area contributed by atoms with Gasteiger partial charge in [-0.1, -0.05) is 279 Å². The van der Waals surface area contributed by atoms with E-state index in [1.807, 2.05) is 0 Å². The van der Waals surface area contributed by atoms with Gasteiger partial charge in [-0.05, 0) is 135 Å². The number of benzene rings is 14. The second kappa shape index (κ2) is 23.2. The lowest BCUT2D eigenvalue weighted by molar-refractivity contribution is 0.961. The highest BCUT2D eigenvalue weighted by molar-refractivity contribution is 6.17. The zero-order chi connectivity index (χ0) is 65.8. The third-order valence-corrected chi connectivity index (χ3v) is 20.4. The van der Waals surface area contributed by atoms with Crippen molar-refractivity contribution in [2.75, 3.05) is 0 Å². The van der Waals surface area contributed by atoms with Crippen LogP contribution in [0.4, 0.5) is 0 Å². The van der Waals surface area contributed by atoms with Crippen molar-refractivity contribution in [3.63, 3.8) is 0 Å². The Kier molecular flexibility index (Phi) is 13.2. The van der Waals surface area contributed by atoms with Crippen LogP contribution in [0.25, 0.3) is 188 Å². The highest BCUT2D eigenvalue weighted by Crippen LogP contribution is 2.51. The topological polar surface area (TPSA) is 45.5 Å². The molecule has 6 heteroatoms. The van der Waals surface area contributed by atoms with Crippen molar-refractivity contribution in [2.24, 2.45) is 0 Å². The highest BCUT2D eigenvalue weighted by Gasteiger charge is 2.34. The maximum absolute atomic E-state index is 6.70. The average molecular weight is 1270 g/mol. The first-order chi connectivity index (χ1) is 49.6. The minimum absolute atomic E-state index is 0.750. The van der Waals surface area contributed by atoms with E-state index in [2.05, 4.69) is 382 Å². The molecule has 100 heavy (non-hydrogen) atoms. The molecule has 0 saturated heterocycles. The predicted octanol–water partition coefficient (Wildman–Crippen LogP) is 24.5. The molecule has 0 atom stereocenters. The molecule has 14 aromatic carbocycles. The molecule has 0 N–H and O–H groups in total. The first-order valence-electron chi connectivity index (χ1n) is 34.2. The van der Waals surface area contributed by atoms with Gasteiger partial charge in [0, 0.05) is 59.8 Å². The Labute approximate surface area is 577 Å². The van der Waals surface area contributed by atoms with Gasteiger partial charge in [-0.25, -0.2) is 9.97 Å². The predicted molar refractivity (Wildman–Crippen MR) is 417 cm³/mol. The van der Waals surface area contributed by atoms with E-state index in [0.717, 1.165) is 188 Å². The molecule has 0 amide bonds. The van der Waals surface area contributed by atoms with Crippen molar-refractivity contribution in [2.45, 2.75) is 0 Å². The lowest BCUT2D eigenvalue weighted by Gasteiger charge is -2.27. The number of rotatable bonds is 11. The number of para-hydroxylation sites is 4. The first kappa shape index (κ1) is 56.9. The number of hydrogen-bond donors (Lipinski definition) is 0. The molecule has 6 nitrogen and oxygen atoms in total. The zero-order valence-electron chi connectivity index (χ0n) is 54.3. The molecule has 20 rings (SSSR count). The number of aromatic nitrogens is 6. The van der Waals surface area contributed by atoms with Gasteiger partial charge in [0.05, 0.1) is 55.5 Å². The van der Waals surface area contributed by atoms with Crippen molar-refractivity contribution in [3.8, 4) is 101 Å². The standard InChI is InChI=1S/C94H60N6/c1-7-27-61(28-8-1)67-47-51-86-76(55-67)77-56-68(62-29-9-2-10-30-62)48-52-87(77)98(86)92-90(71-59-80(65-35-15-5-16-36-65)95-81(60-71)66-37-17-6-18-38-66)91(97-82-43-23-19-39-72(82)73-40-20-24-44-83(73)97)94(96-93(92)99-84-45-25-21-41-74(84)75-42-22-26-46-85(75)99)100-88-53-49-69(63-31-11-3-12-32-63)57-78(88)79-58-70(50-54-89(79)100)64-33-13-4-14-34-64/h1-60H. The van der Waals surface area contributed by atoms with E-state index in [-0.39, 0.29) is 0 Å². The third-order valence-electron chi connectivity index (χ3n) is 20.4. The number of fused-ring (bicyclic) bond motifs is 12. The van der Waals surface area contributed by atoms with Crippen molar-refractivity contribution < 1.29 is 0 Å². The minimum atomic E-state index is 0.750. The van der Waals surface area contributed by atoms with E-state index in [4.69, 9.17) is 9.97 Å². The maximum Gasteiger partial charge on any atom is 0.165 e. The zero-order valence-corrected chi connectivity index (χ0v) is 54.3. The summed E-state index contributed by atoms with van der Waals surface area (Å²) in [6.07, 6.45) is 0. The van der Waals surface area contributed by atoms with Gasteiger partial charge in [-0.15, -0.1) is 0 Å². The molecule has 0 fully saturated rings. The molecule has 6 heterocycles. The van der Waals surface area contributed by atoms with Gasteiger partial charge in [-0.2, -0.15) is 0 Å². The molecule has 0 spiro atoms. The Bertz CT molecular complexity index is 6250. The third kappa shape index (κ3) is 9.12. The smallest absolute Gasteiger partial charge is 0.165 e. The number of nitrogens with zero attached hydrogens (tertiary/aromatic N) is 6. The van der Waals surface area contributed by atoms with E-state index in [9.17, 15) is 0 Å². The Hall–Kier alpha value is -13.4. The maximum atomic E-state index is 6.70. The van der Waals surface area contributed by atoms with Crippen molar-refractivity contribution in [1.82, 2.24) is 28.2 Å². The summed E-state index contributed by atoms with van der Waals surface area (Å²) in [7, 11) is 0. The summed E-state index contributed by atoms with van der Waals surface area (Å²) < 4.78 is 10.0. The normalized spacial score (nSPS) is 11.8. The van der Waals surface area contributed by atoms with Crippen LogP contribution in [0.3, 0.4) is 0 Å². The average Bonchev–Trinajstić information content (AvgIpc) is 1.48. The van der Waals surface area contributed by atoms with Gasteiger partial charge in [0.1, 0.15) is 11.4 Å². The van der Waals surface area contributed by atoms with Crippen LogP contribution in [-0.4, -0.2) is 28.2 Å². The van der Waals surface area contributed by atoms with Crippen LogP contribution in [0.2, 0.25) is 0 Å². The molecule has 466 valence electrons. The van der Waals surface area contributed by atoms with Crippen LogP contribution in [0.15, 0.2) is 364 Å². The van der Waals surface area contributed by atoms with Gasteiger partial charge in [-0.3, -0.25) is 9.13 Å². The summed E-state index contributed by atoms with van der Waals surface area (Å²) in [5, 5.41) is 8.98. The molecule has 0 bridgehead atoms. The van der Waals surface area contributed by atoms with Crippen molar-refractivity contribution in [1.29, 1.82) is 0 Å². The van der Waals surface area contributed by atoms with Crippen LogP contribution in [-0.2, 0) is 0 Å². The van der Waals surface area contributed by atoms with Crippen molar-refractivity contribution >= 4 is 87.2 Å². The Morgan fingerprint density at radius 1 is 0.160 bits per heavy atom. The van der Waals surface area contributed by atoms with Crippen LogP contribution in [0.1, 0.15) is 0 Å². The summed E-state index contributed by atoms with van der Waals surface area (Å²) in [6.45, 7) is 0. The van der Waals surface area contributed by atoms with E-state index in [1.165, 1.54) is 0 Å². The molecule has 6 aromatic heterocycles. The van der Waals surface area contributed by atoms with Crippen molar-refractivity contribution in [3.05, 3.63) is 364 Å². The van der Waals surface area contributed by atoms with Gasteiger partial charge < -0.3 is 9.13 Å².